The minimum absolute atomic E-state index is 0.0611. The van der Waals surface area contributed by atoms with Crippen molar-refractivity contribution in [2.24, 2.45) is 0 Å². The van der Waals surface area contributed by atoms with Gasteiger partial charge in [-0.1, -0.05) is 0 Å². The number of anilines is 1. The first-order chi connectivity index (χ1) is 11.9. The second kappa shape index (κ2) is 7.66. The number of ether oxygens (including phenoxy) is 1. The SMILES string of the molecule is CC1CN(C(=O)CN2CCN(c3ccc(F)cc3F)CC2)CC(C)O1. The van der Waals surface area contributed by atoms with Crippen molar-refractivity contribution in [3.8, 4) is 0 Å². The lowest BCUT2D eigenvalue weighted by atomic mass is 10.2. The fraction of sp³-hybridized carbons (Fsp3) is 0.611. The minimum atomic E-state index is -0.570. The number of morpholine rings is 1. The molecule has 1 amide bonds. The molecule has 1 aromatic carbocycles. The number of benzene rings is 1. The predicted molar refractivity (Wildman–Crippen MR) is 91.6 cm³/mol. The van der Waals surface area contributed by atoms with Crippen molar-refractivity contribution in [3.63, 3.8) is 0 Å². The standard InChI is InChI=1S/C18H25F2N3O2/c1-13-10-23(11-14(2)25-13)18(24)12-21-5-7-22(8-6-21)17-4-3-15(19)9-16(17)20/h3-4,9,13-14H,5-8,10-12H2,1-2H3. The first kappa shape index (κ1) is 18.1. The van der Waals surface area contributed by atoms with Crippen molar-refractivity contribution >= 4 is 11.6 Å². The third-order valence-electron chi connectivity index (χ3n) is 4.75. The molecule has 0 N–H and O–H groups in total. The molecule has 2 saturated heterocycles. The summed E-state index contributed by atoms with van der Waals surface area (Å²) in [6, 6.07) is 3.66. The zero-order valence-corrected chi connectivity index (χ0v) is 14.8. The van der Waals surface area contributed by atoms with Gasteiger partial charge in [-0.05, 0) is 26.0 Å². The maximum atomic E-state index is 13.9. The number of nitrogens with zero attached hydrogens (tertiary/aromatic N) is 3. The summed E-state index contributed by atoms with van der Waals surface area (Å²) < 4.78 is 32.6. The van der Waals surface area contributed by atoms with Crippen molar-refractivity contribution in [3.05, 3.63) is 29.8 Å². The number of halogens is 2. The van der Waals surface area contributed by atoms with Gasteiger partial charge in [-0.3, -0.25) is 9.69 Å². The predicted octanol–water partition coefficient (Wildman–Crippen LogP) is 1.72. The molecule has 25 heavy (non-hydrogen) atoms. The first-order valence-electron chi connectivity index (χ1n) is 8.78. The van der Waals surface area contributed by atoms with Crippen LogP contribution in [0.1, 0.15) is 13.8 Å². The first-order valence-corrected chi connectivity index (χ1v) is 8.78. The van der Waals surface area contributed by atoms with Crippen molar-refractivity contribution in [1.29, 1.82) is 0 Å². The Morgan fingerprint density at radius 2 is 1.76 bits per heavy atom. The van der Waals surface area contributed by atoms with Crippen molar-refractivity contribution in [1.82, 2.24) is 9.80 Å². The van der Waals surface area contributed by atoms with Gasteiger partial charge in [0.1, 0.15) is 11.6 Å². The smallest absolute Gasteiger partial charge is 0.236 e. The number of hydrogen-bond donors (Lipinski definition) is 0. The summed E-state index contributed by atoms with van der Waals surface area (Å²) >= 11 is 0. The van der Waals surface area contributed by atoms with Gasteiger partial charge in [-0.25, -0.2) is 8.78 Å². The number of carbonyl (C=O) groups is 1. The van der Waals surface area contributed by atoms with Crippen molar-refractivity contribution < 1.29 is 18.3 Å². The van der Waals surface area contributed by atoms with E-state index in [4.69, 9.17) is 4.74 Å². The summed E-state index contributed by atoms with van der Waals surface area (Å²) in [4.78, 5) is 18.4. The number of hydrogen-bond acceptors (Lipinski definition) is 4. The molecule has 0 spiro atoms. The Morgan fingerprint density at radius 3 is 2.36 bits per heavy atom. The summed E-state index contributed by atoms with van der Waals surface area (Å²) in [5, 5.41) is 0. The maximum Gasteiger partial charge on any atom is 0.236 e. The largest absolute Gasteiger partial charge is 0.372 e. The van der Waals surface area contributed by atoms with E-state index in [2.05, 4.69) is 4.90 Å². The van der Waals surface area contributed by atoms with E-state index >= 15 is 0 Å². The second-order valence-corrected chi connectivity index (χ2v) is 6.91. The second-order valence-electron chi connectivity index (χ2n) is 6.91. The molecule has 0 bridgehead atoms. The van der Waals surface area contributed by atoms with Gasteiger partial charge < -0.3 is 14.5 Å². The van der Waals surface area contributed by atoms with E-state index in [0.29, 0.717) is 51.5 Å². The lowest BCUT2D eigenvalue weighted by Gasteiger charge is -2.39. The van der Waals surface area contributed by atoms with Crippen molar-refractivity contribution in [2.45, 2.75) is 26.1 Å². The average molecular weight is 353 g/mol. The Kier molecular flexibility index (Phi) is 5.54. The van der Waals surface area contributed by atoms with Gasteiger partial charge in [0.25, 0.3) is 0 Å². The Hall–Kier alpha value is -1.73. The molecule has 2 unspecified atom stereocenters. The van der Waals surface area contributed by atoms with Crippen LogP contribution in [0, 0.1) is 11.6 Å². The van der Waals surface area contributed by atoms with Crippen LogP contribution in [0.2, 0.25) is 0 Å². The Morgan fingerprint density at radius 1 is 1.12 bits per heavy atom. The Bertz CT molecular complexity index is 610. The zero-order chi connectivity index (χ0) is 18.0. The van der Waals surface area contributed by atoms with Crippen LogP contribution < -0.4 is 4.90 Å². The van der Waals surface area contributed by atoms with E-state index in [1.807, 2.05) is 23.6 Å². The number of amides is 1. The Labute approximate surface area is 147 Å². The highest BCUT2D eigenvalue weighted by Crippen LogP contribution is 2.21. The van der Waals surface area contributed by atoms with E-state index in [-0.39, 0.29) is 18.1 Å². The van der Waals surface area contributed by atoms with E-state index in [9.17, 15) is 13.6 Å². The van der Waals surface area contributed by atoms with Crippen LogP contribution in [-0.2, 0) is 9.53 Å². The summed E-state index contributed by atoms with van der Waals surface area (Å²) in [5.74, 6) is -0.997. The van der Waals surface area contributed by atoms with Crippen LogP contribution >= 0.6 is 0 Å². The molecule has 0 radical (unpaired) electrons. The van der Waals surface area contributed by atoms with E-state index in [1.54, 1.807) is 0 Å². The molecule has 3 rings (SSSR count). The third-order valence-corrected chi connectivity index (χ3v) is 4.75. The van der Waals surface area contributed by atoms with Gasteiger partial charge >= 0.3 is 0 Å². The molecule has 138 valence electrons. The van der Waals surface area contributed by atoms with Gasteiger partial charge in [0, 0.05) is 45.3 Å². The molecule has 7 heteroatoms. The van der Waals surface area contributed by atoms with Gasteiger partial charge in [0.2, 0.25) is 5.91 Å². The molecular formula is C18H25F2N3O2. The van der Waals surface area contributed by atoms with E-state index < -0.39 is 11.6 Å². The Balaban J connectivity index is 1.51. The number of rotatable bonds is 3. The third kappa shape index (κ3) is 4.46. The van der Waals surface area contributed by atoms with Crippen LogP contribution in [0.25, 0.3) is 0 Å². The van der Waals surface area contributed by atoms with Crippen LogP contribution in [0.15, 0.2) is 18.2 Å². The minimum Gasteiger partial charge on any atom is -0.372 e. The van der Waals surface area contributed by atoms with Gasteiger partial charge in [-0.2, -0.15) is 0 Å². The van der Waals surface area contributed by atoms with Crippen LogP contribution in [0.3, 0.4) is 0 Å². The summed E-state index contributed by atoms with van der Waals surface area (Å²) in [5.41, 5.74) is 0.420. The fourth-order valence-corrected chi connectivity index (χ4v) is 3.56. The quantitative estimate of drug-likeness (QED) is 0.829. The molecule has 2 aliphatic rings. The highest BCUT2D eigenvalue weighted by atomic mass is 19.1. The summed E-state index contributed by atoms with van der Waals surface area (Å²) in [6.07, 6.45) is 0.122. The summed E-state index contributed by atoms with van der Waals surface area (Å²) in [7, 11) is 0. The molecule has 2 fully saturated rings. The number of piperazine rings is 1. The van der Waals surface area contributed by atoms with Gasteiger partial charge in [0.05, 0.1) is 24.4 Å². The van der Waals surface area contributed by atoms with E-state index in [0.717, 1.165) is 6.07 Å². The lowest BCUT2D eigenvalue weighted by molar-refractivity contribution is -0.144. The topological polar surface area (TPSA) is 36.0 Å². The monoisotopic (exact) mass is 353 g/mol. The van der Waals surface area contributed by atoms with Crippen LogP contribution in [0.5, 0.6) is 0 Å². The summed E-state index contributed by atoms with van der Waals surface area (Å²) in [6.45, 7) is 8.18. The number of carbonyl (C=O) groups excluding carboxylic acids is 1. The van der Waals surface area contributed by atoms with Gasteiger partial charge in [-0.15, -0.1) is 0 Å². The molecule has 5 nitrogen and oxygen atoms in total. The van der Waals surface area contributed by atoms with Gasteiger partial charge in [0.15, 0.2) is 0 Å². The van der Waals surface area contributed by atoms with E-state index in [1.165, 1.54) is 12.1 Å². The lowest BCUT2D eigenvalue weighted by Crippen LogP contribution is -2.54. The molecule has 2 aliphatic heterocycles. The highest BCUT2D eigenvalue weighted by Gasteiger charge is 2.28. The molecule has 0 saturated carbocycles. The highest BCUT2D eigenvalue weighted by molar-refractivity contribution is 5.78. The molecular weight excluding hydrogens is 328 g/mol. The molecule has 1 aromatic rings. The molecule has 0 aromatic heterocycles. The molecule has 2 heterocycles. The van der Waals surface area contributed by atoms with Crippen LogP contribution in [-0.4, -0.2) is 73.7 Å². The fourth-order valence-electron chi connectivity index (χ4n) is 3.56. The maximum absolute atomic E-state index is 13.9. The van der Waals surface area contributed by atoms with Crippen LogP contribution in [0.4, 0.5) is 14.5 Å². The molecule has 0 aliphatic carbocycles. The zero-order valence-electron chi connectivity index (χ0n) is 14.8. The van der Waals surface area contributed by atoms with Crippen molar-refractivity contribution in [2.75, 3.05) is 50.7 Å². The molecule has 2 atom stereocenters. The average Bonchev–Trinajstić information content (AvgIpc) is 2.55. The normalized spacial score (nSPS) is 25.3.